The summed E-state index contributed by atoms with van der Waals surface area (Å²) in [6.07, 6.45) is 0.186. The Kier molecular flexibility index (Phi) is 6.37. The third-order valence-corrected chi connectivity index (χ3v) is 3.16. The second-order valence-corrected chi connectivity index (χ2v) is 5.46. The lowest BCUT2D eigenvalue weighted by Crippen LogP contribution is -2.36. The van der Waals surface area contributed by atoms with Crippen LogP contribution in [0.15, 0.2) is 30.3 Å². The Balaban J connectivity index is 2.43. The van der Waals surface area contributed by atoms with E-state index in [0.29, 0.717) is 0 Å². The maximum absolute atomic E-state index is 12.0. The van der Waals surface area contributed by atoms with E-state index in [-0.39, 0.29) is 31.4 Å². The van der Waals surface area contributed by atoms with Crippen LogP contribution in [0.5, 0.6) is 0 Å². The van der Waals surface area contributed by atoms with E-state index in [1.165, 1.54) is 6.92 Å². The van der Waals surface area contributed by atoms with Gasteiger partial charge in [-0.25, -0.2) is 0 Å². The predicted octanol–water partition coefficient (Wildman–Crippen LogP) is 1.96. The van der Waals surface area contributed by atoms with Gasteiger partial charge < -0.3 is 15.2 Å². The quantitative estimate of drug-likeness (QED) is 0.754. The minimum Gasteiger partial charge on any atom is -0.466 e. The van der Waals surface area contributed by atoms with Crippen LogP contribution in [0.4, 0.5) is 0 Å². The first kappa shape index (κ1) is 17.2. The van der Waals surface area contributed by atoms with Crippen LogP contribution in [0.2, 0.25) is 0 Å². The standard InChI is InChI=1S/C16H23NO4/c1-12(14-7-5-4-6-8-14)17-15(19)11-16(3,20)9-10-21-13(2)18/h4-8,12,20H,9-11H2,1-3H3,(H,17,19)/t12-,16+/m0/s1. The summed E-state index contributed by atoms with van der Waals surface area (Å²) in [5, 5.41) is 13.0. The van der Waals surface area contributed by atoms with Gasteiger partial charge in [-0.15, -0.1) is 0 Å². The van der Waals surface area contributed by atoms with Crippen molar-refractivity contribution in [3.05, 3.63) is 35.9 Å². The number of hydrogen-bond acceptors (Lipinski definition) is 4. The summed E-state index contributed by atoms with van der Waals surface area (Å²) < 4.78 is 4.78. The Morgan fingerprint density at radius 1 is 1.33 bits per heavy atom. The minimum absolute atomic E-state index is 0.0363. The highest BCUT2D eigenvalue weighted by Gasteiger charge is 2.25. The molecule has 116 valence electrons. The van der Waals surface area contributed by atoms with E-state index in [2.05, 4.69) is 5.32 Å². The summed E-state index contributed by atoms with van der Waals surface area (Å²) in [7, 11) is 0. The van der Waals surface area contributed by atoms with Crippen molar-refractivity contribution in [3.63, 3.8) is 0 Å². The number of nitrogens with one attached hydrogen (secondary N) is 1. The van der Waals surface area contributed by atoms with Crippen molar-refractivity contribution in [2.75, 3.05) is 6.61 Å². The molecule has 0 fully saturated rings. The largest absolute Gasteiger partial charge is 0.466 e. The van der Waals surface area contributed by atoms with E-state index < -0.39 is 11.6 Å². The number of aliphatic hydroxyl groups is 1. The molecule has 0 aromatic heterocycles. The molecule has 1 aromatic rings. The lowest BCUT2D eigenvalue weighted by Gasteiger charge is -2.23. The zero-order valence-corrected chi connectivity index (χ0v) is 12.8. The highest BCUT2D eigenvalue weighted by atomic mass is 16.5. The van der Waals surface area contributed by atoms with Crippen LogP contribution in [0.3, 0.4) is 0 Å². The number of carbonyl (C=O) groups excluding carboxylic acids is 2. The van der Waals surface area contributed by atoms with Crippen molar-refractivity contribution in [2.24, 2.45) is 0 Å². The fourth-order valence-electron chi connectivity index (χ4n) is 1.97. The molecular formula is C16H23NO4. The number of esters is 1. The Morgan fingerprint density at radius 2 is 1.95 bits per heavy atom. The third-order valence-electron chi connectivity index (χ3n) is 3.16. The van der Waals surface area contributed by atoms with Crippen molar-refractivity contribution in [1.82, 2.24) is 5.32 Å². The van der Waals surface area contributed by atoms with Crippen molar-refractivity contribution in [1.29, 1.82) is 0 Å². The molecule has 0 heterocycles. The molecule has 2 N–H and O–H groups in total. The van der Waals surface area contributed by atoms with E-state index in [0.717, 1.165) is 5.56 Å². The molecule has 5 heteroatoms. The molecule has 0 bridgehead atoms. The first-order chi connectivity index (χ1) is 9.80. The number of hydrogen-bond donors (Lipinski definition) is 2. The molecule has 0 radical (unpaired) electrons. The lowest BCUT2D eigenvalue weighted by molar-refractivity contribution is -0.142. The zero-order valence-electron chi connectivity index (χ0n) is 12.8. The fourth-order valence-corrected chi connectivity index (χ4v) is 1.97. The lowest BCUT2D eigenvalue weighted by atomic mass is 9.97. The van der Waals surface area contributed by atoms with Crippen molar-refractivity contribution in [2.45, 2.75) is 45.3 Å². The third kappa shape index (κ3) is 6.90. The topological polar surface area (TPSA) is 75.6 Å². The smallest absolute Gasteiger partial charge is 0.302 e. The van der Waals surface area contributed by atoms with Gasteiger partial charge >= 0.3 is 5.97 Å². The average Bonchev–Trinajstić information content (AvgIpc) is 2.38. The molecule has 21 heavy (non-hydrogen) atoms. The maximum Gasteiger partial charge on any atom is 0.302 e. The molecule has 0 aliphatic heterocycles. The van der Waals surface area contributed by atoms with Gasteiger partial charge in [0.1, 0.15) is 0 Å². The molecule has 1 aromatic carbocycles. The van der Waals surface area contributed by atoms with Crippen LogP contribution in [0.1, 0.15) is 45.2 Å². The van der Waals surface area contributed by atoms with Crippen molar-refractivity contribution in [3.8, 4) is 0 Å². The highest BCUT2D eigenvalue weighted by Crippen LogP contribution is 2.17. The number of benzene rings is 1. The zero-order chi connectivity index (χ0) is 15.9. The van der Waals surface area contributed by atoms with Crippen molar-refractivity contribution < 1.29 is 19.4 Å². The number of ether oxygens (including phenoxy) is 1. The Morgan fingerprint density at radius 3 is 2.52 bits per heavy atom. The van der Waals surface area contributed by atoms with Gasteiger partial charge in [0, 0.05) is 13.3 Å². The second kappa shape index (κ2) is 7.78. The predicted molar refractivity (Wildman–Crippen MR) is 79.5 cm³/mol. The SMILES string of the molecule is CC(=O)OCC[C@@](C)(O)CC(=O)N[C@@H](C)c1ccccc1. The van der Waals surface area contributed by atoms with E-state index in [9.17, 15) is 14.7 Å². The van der Waals surface area contributed by atoms with E-state index in [1.54, 1.807) is 6.92 Å². The van der Waals surface area contributed by atoms with Gasteiger partial charge in [-0.1, -0.05) is 30.3 Å². The molecule has 1 amide bonds. The average molecular weight is 293 g/mol. The monoisotopic (exact) mass is 293 g/mol. The van der Waals surface area contributed by atoms with Gasteiger partial charge in [0.15, 0.2) is 0 Å². The van der Waals surface area contributed by atoms with Gasteiger partial charge in [-0.3, -0.25) is 9.59 Å². The van der Waals surface area contributed by atoms with Gasteiger partial charge in [0.2, 0.25) is 5.91 Å². The van der Waals surface area contributed by atoms with Crippen molar-refractivity contribution >= 4 is 11.9 Å². The van der Waals surface area contributed by atoms with Gasteiger partial charge in [-0.05, 0) is 19.4 Å². The summed E-state index contributed by atoms with van der Waals surface area (Å²) in [6.45, 7) is 4.86. The molecule has 0 aliphatic carbocycles. The van der Waals surface area contributed by atoms with Crippen LogP contribution < -0.4 is 5.32 Å². The van der Waals surface area contributed by atoms with Gasteiger partial charge in [-0.2, -0.15) is 0 Å². The molecule has 5 nitrogen and oxygen atoms in total. The van der Waals surface area contributed by atoms with E-state index in [1.807, 2.05) is 37.3 Å². The highest BCUT2D eigenvalue weighted by molar-refractivity contribution is 5.77. The van der Waals surface area contributed by atoms with Crippen LogP contribution in [0.25, 0.3) is 0 Å². The summed E-state index contributed by atoms with van der Waals surface area (Å²) >= 11 is 0. The number of amides is 1. The number of rotatable bonds is 7. The van der Waals surface area contributed by atoms with Crippen LogP contribution >= 0.6 is 0 Å². The molecule has 0 spiro atoms. The summed E-state index contributed by atoms with van der Waals surface area (Å²) in [6, 6.07) is 9.48. The first-order valence-corrected chi connectivity index (χ1v) is 7.00. The molecule has 0 aliphatic rings. The van der Waals surface area contributed by atoms with E-state index >= 15 is 0 Å². The normalized spacial score (nSPS) is 14.9. The molecular weight excluding hydrogens is 270 g/mol. The minimum atomic E-state index is -1.20. The summed E-state index contributed by atoms with van der Waals surface area (Å²) in [5.74, 6) is -0.632. The molecule has 1 rings (SSSR count). The van der Waals surface area contributed by atoms with Crippen LogP contribution in [-0.2, 0) is 14.3 Å². The Labute approximate surface area is 125 Å². The summed E-state index contributed by atoms with van der Waals surface area (Å²) in [4.78, 5) is 22.6. The van der Waals surface area contributed by atoms with Gasteiger partial charge in [0.05, 0.1) is 24.7 Å². The second-order valence-electron chi connectivity index (χ2n) is 5.46. The molecule has 0 saturated carbocycles. The van der Waals surface area contributed by atoms with Gasteiger partial charge in [0.25, 0.3) is 0 Å². The molecule has 0 saturated heterocycles. The van der Waals surface area contributed by atoms with Crippen LogP contribution in [0, 0.1) is 0 Å². The molecule has 2 atom stereocenters. The first-order valence-electron chi connectivity index (χ1n) is 7.00. The number of carbonyl (C=O) groups is 2. The summed E-state index contributed by atoms with van der Waals surface area (Å²) in [5.41, 5.74) is -0.193. The Hall–Kier alpha value is -1.88. The Bertz CT molecular complexity index is 470. The maximum atomic E-state index is 12.0. The molecule has 0 unspecified atom stereocenters. The van der Waals surface area contributed by atoms with Crippen LogP contribution in [-0.4, -0.2) is 29.2 Å². The van der Waals surface area contributed by atoms with E-state index in [4.69, 9.17) is 4.74 Å². The fraction of sp³-hybridized carbons (Fsp3) is 0.500.